The molecule has 6 rings (SSSR count). The van der Waals surface area contributed by atoms with Crippen LogP contribution >= 0.6 is 15.9 Å². The van der Waals surface area contributed by atoms with Crippen LogP contribution in [0.4, 0.5) is 10.2 Å². The molecule has 2 aliphatic rings. The van der Waals surface area contributed by atoms with E-state index in [0.29, 0.717) is 51.1 Å². The zero-order chi connectivity index (χ0) is 35.7. The topological polar surface area (TPSA) is 126 Å². The predicted octanol–water partition coefficient (Wildman–Crippen LogP) is 6.09. The molecule has 3 aromatic heterocycles. The lowest BCUT2D eigenvalue weighted by Crippen LogP contribution is -2.47. The number of piperidine rings is 1. The Bertz CT molecular complexity index is 1960. The fourth-order valence-electron chi connectivity index (χ4n) is 7.38. The number of allylic oxidation sites excluding steroid dienone is 1. The van der Waals surface area contributed by atoms with Gasteiger partial charge in [0.1, 0.15) is 41.2 Å². The van der Waals surface area contributed by atoms with E-state index in [-0.39, 0.29) is 46.9 Å². The predicted molar refractivity (Wildman–Crippen MR) is 193 cm³/mol. The van der Waals surface area contributed by atoms with Gasteiger partial charge in [-0.3, -0.25) is 19.1 Å². The van der Waals surface area contributed by atoms with Crippen molar-refractivity contribution in [2.24, 2.45) is 5.41 Å². The van der Waals surface area contributed by atoms with Gasteiger partial charge in [0.15, 0.2) is 5.78 Å². The second-order valence-corrected chi connectivity index (χ2v) is 14.4. The van der Waals surface area contributed by atoms with E-state index in [1.54, 1.807) is 42.4 Å². The third-order valence-electron chi connectivity index (χ3n) is 9.84. The number of likely N-dealkylation sites (tertiary alicyclic amines) is 1. The SMILES string of the molecule is C=CCc1ccc(Br)nc1NC(=O)[C@@H]1C[C@@]2(CN(C)CCCC)C[C@H]2N1C(=O)Cn1nc(C(C)=O)c2cc(-c3cnc(C)nc3)cc(CF)c21. The van der Waals surface area contributed by atoms with E-state index in [1.165, 1.54) is 11.6 Å². The molecule has 2 amide bonds. The van der Waals surface area contributed by atoms with Crippen molar-refractivity contribution in [3.63, 3.8) is 0 Å². The van der Waals surface area contributed by atoms with E-state index < -0.39 is 12.7 Å². The Morgan fingerprint density at radius 2 is 1.92 bits per heavy atom. The van der Waals surface area contributed by atoms with Crippen molar-refractivity contribution in [2.75, 3.05) is 25.5 Å². The molecule has 4 heterocycles. The number of aromatic nitrogens is 5. The van der Waals surface area contributed by atoms with Crippen LogP contribution in [0.3, 0.4) is 0 Å². The van der Waals surface area contributed by atoms with Gasteiger partial charge in [0.2, 0.25) is 11.8 Å². The van der Waals surface area contributed by atoms with E-state index >= 15 is 0 Å². The average Bonchev–Trinajstić information content (AvgIpc) is 3.48. The van der Waals surface area contributed by atoms with E-state index in [1.807, 2.05) is 12.1 Å². The normalized spacial score (nSPS) is 19.5. The molecule has 2 fully saturated rings. The summed E-state index contributed by atoms with van der Waals surface area (Å²) < 4.78 is 16.7. The molecule has 13 heteroatoms. The Balaban J connectivity index is 1.35. The first-order chi connectivity index (χ1) is 24.0. The molecule has 262 valence electrons. The maximum Gasteiger partial charge on any atom is 0.248 e. The summed E-state index contributed by atoms with van der Waals surface area (Å²) in [6.45, 7) is 9.74. The summed E-state index contributed by atoms with van der Waals surface area (Å²) in [5.74, 6) is 0.0659. The molecule has 1 saturated heterocycles. The molecule has 11 nitrogen and oxygen atoms in total. The Kier molecular flexibility index (Phi) is 10.3. The summed E-state index contributed by atoms with van der Waals surface area (Å²) in [6, 6.07) is 6.25. The second kappa shape index (κ2) is 14.5. The Labute approximate surface area is 299 Å². The number of rotatable bonds is 14. The number of unbranched alkanes of at least 4 members (excludes halogenated alkanes) is 1. The number of amides is 2. The Hall–Kier alpha value is -4.36. The van der Waals surface area contributed by atoms with Gasteiger partial charge in [-0.1, -0.05) is 25.5 Å². The molecule has 1 aromatic carbocycles. The summed E-state index contributed by atoms with van der Waals surface area (Å²) >= 11 is 3.40. The summed E-state index contributed by atoms with van der Waals surface area (Å²) in [5.41, 5.74) is 2.69. The second-order valence-electron chi connectivity index (χ2n) is 13.6. The molecule has 1 N–H and O–H groups in total. The van der Waals surface area contributed by atoms with Crippen LogP contribution < -0.4 is 5.32 Å². The maximum absolute atomic E-state index is 14.7. The number of nitrogens with one attached hydrogen (secondary N) is 1. The number of alkyl halides is 1. The number of carbonyl (C=O) groups excluding carboxylic acids is 3. The fourth-order valence-corrected chi connectivity index (χ4v) is 7.69. The molecular formula is C37H42BrFN8O3. The summed E-state index contributed by atoms with van der Waals surface area (Å²) in [4.78, 5) is 58.4. The van der Waals surface area contributed by atoms with E-state index in [9.17, 15) is 18.8 Å². The van der Waals surface area contributed by atoms with Gasteiger partial charge in [-0.05, 0) is 91.5 Å². The third-order valence-corrected chi connectivity index (χ3v) is 10.3. The minimum atomic E-state index is -0.842. The van der Waals surface area contributed by atoms with Crippen LogP contribution in [0.5, 0.6) is 0 Å². The first-order valence-electron chi connectivity index (χ1n) is 16.9. The van der Waals surface area contributed by atoms with Gasteiger partial charge >= 0.3 is 0 Å². The number of pyridine rings is 1. The number of hydrogen-bond donors (Lipinski definition) is 1. The van der Waals surface area contributed by atoms with Gasteiger partial charge in [0.25, 0.3) is 0 Å². The van der Waals surface area contributed by atoms with Crippen LogP contribution in [0.1, 0.15) is 67.0 Å². The fraction of sp³-hybridized carbons (Fsp3) is 0.432. The lowest BCUT2D eigenvalue weighted by molar-refractivity contribution is -0.138. The number of hydrogen-bond acceptors (Lipinski definition) is 8. The number of fused-ring (bicyclic) bond motifs is 2. The highest BCUT2D eigenvalue weighted by atomic mass is 79.9. The molecule has 0 bridgehead atoms. The van der Waals surface area contributed by atoms with Gasteiger partial charge in [0.05, 0.1) is 5.52 Å². The summed E-state index contributed by atoms with van der Waals surface area (Å²) in [5, 5.41) is 8.01. The minimum absolute atomic E-state index is 0.138. The highest BCUT2D eigenvalue weighted by Crippen LogP contribution is 2.60. The molecule has 4 aromatic rings. The first kappa shape index (κ1) is 35.5. The van der Waals surface area contributed by atoms with Crippen molar-refractivity contribution < 1.29 is 18.8 Å². The summed E-state index contributed by atoms with van der Waals surface area (Å²) in [7, 11) is 2.08. The maximum atomic E-state index is 14.7. The molecule has 50 heavy (non-hydrogen) atoms. The third kappa shape index (κ3) is 6.98. The van der Waals surface area contributed by atoms with Crippen molar-refractivity contribution in [1.29, 1.82) is 0 Å². The largest absolute Gasteiger partial charge is 0.325 e. The molecular weight excluding hydrogens is 703 g/mol. The Morgan fingerprint density at radius 1 is 1.16 bits per heavy atom. The monoisotopic (exact) mass is 744 g/mol. The Morgan fingerprint density at radius 3 is 2.60 bits per heavy atom. The molecule has 1 aliphatic heterocycles. The van der Waals surface area contributed by atoms with E-state index in [0.717, 1.165) is 37.9 Å². The van der Waals surface area contributed by atoms with Crippen molar-refractivity contribution in [3.8, 4) is 11.1 Å². The average molecular weight is 746 g/mol. The smallest absolute Gasteiger partial charge is 0.248 e. The van der Waals surface area contributed by atoms with Crippen molar-refractivity contribution in [3.05, 3.63) is 76.6 Å². The molecule has 0 spiro atoms. The number of ketones is 1. The van der Waals surface area contributed by atoms with E-state index in [2.05, 4.69) is 66.7 Å². The number of Topliss-reactive ketones (excluding diaryl/α,β-unsaturated/α-hetero) is 1. The number of aryl methyl sites for hydroxylation is 1. The number of carbonyl (C=O) groups is 3. The lowest BCUT2D eigenvalue weighted by atomic mass is 9.98. The molecule has 3 atom stereocenters. The molecule has 1 aliphatic carbocycles. The van der Waals surface area contributed by atoms with Gasteiger partial charge in [-0.15, -0.1) is 6.58 Å². The highest BCUT2D eigenvalue weighted by molar-refractivity contribution is 9.10. The number of halogens is 2. The standard InChI is InChI=1S/C37H42BrFN8O3/c1-6-8-12-45(5)21-37-15-29(36(50)43-35-24(9-7-2)10-11-31(38)42-35)47(30(37)16-37)32(49)20-46-34-26(17-39)13-25(27-18-40-23(4)41-19-27)14-28(34)33(44-46)22(3)48/h7,10-11,13-14,18-19,29-30H,2,6,8-9,12,15-17,20-21H2,1,3-5H3,(H,42,43,50)/t29-,30+,37-/m0/s1. The number of anilines is 1. The van der Waals surface area contributed by atoms with Crippen LogP contribution in [-0.4, -0.2) is 84.4 Å². The van der Waals surface area contributed by atoms with Crippen LogP contribution in [-0.2, 0) is 29.2 Å². The quantitative estimate of drug-likeness (QED) is 0.0935. The zero-order valence-corrected chi connectivity index (χ0v) is 30.5. The van der Waals surface area contributed by atoms with Gasteiger partial charge in [-0.25, -0.2) is 19.3 Å². The van der Waals surface area contributed by atoms with Crippen molar-refractivity contribution >= 4 is 50.2 Å². The molecule has 0 radical (unpaired) electrons. The lowest BCUT2D eigenvalue weighted by Gasteiger charge is -2.27. The minimum Gasteiger partial charge on any atom is -0.325 e. The number of benzene rings is 1. The highest BCUT2D eigenvalue weighted by Gasteiger charge is 2.67. The van der Waals surface area contributed by atoms with Gasteiger partial charge in [0, 0.05) is 53.8 Å². The van der Waals surface area contributed by atoms with Crippen LogP contribution in [0.25, 0.3) is 22.0 Å². The van der Waals surface area contributed by atoms with Gasteiger partial charge in [-0.2, -0.15) is 5.10 Å². The van der Waals surface area contributed by atoms with Gasteiger partial charge < -0.3 is 15.1 Å². The van der Waals surface area contributed by atoms with Crippen LogP contribution in [0.2, 0.25) is 0 Å². The summed E-state index contributed by atoms with van der Waals surface area (Å²) in [6.07, 6.45) is 8.98. The number of nitrogens with zero attached hydrogens (tertiary/aromatic N) is 7. The van der Waals surface area contributed by atoms with Crippen molar-refractivity contribution in [2.45, 2.75) is 78.2 Å². The van der Waals surface area contributed by atoms with Crippen molar-refractivity contribution in [1.82, 2.24) is 34.5 Å². The first-order valence-corrected chi connectivity index (χ1v) is 17.7. The van der Waals surface area contributed by atoms with E-state index in [4.69, 9.17) is 0 Å². The van der Waals surface area contributed by atoms with Crippen LogP contribution in [0.15, 0.2) is 53.9 Å². The molecule has 1 saturated carbocycles. The zero-order valence-electron chi connectivity index (χ0n) is 28.9. The van der Waals surface area contributed by atoms with Crippen LogP contribution in [0, 0.1) is 12.3 Å². The molecule has 0 unspecified atom stereocenters.